The lowest BCUT2D eigenvalue weighted by Crippen LogP contribution is -2.49. The number of hydrogen-bond acceptors (Lipinski definition) is 3. The first-order valence-corrected chi connectivity index (χ1v) is 9.21. The third-order valence-corrected chi connectivity index (χ3v) is 4.17. The van der Waals surface area contributed by atoms with Crippen LogP contribution in [0.15, 0.2) is 48.5 Å². The number of rotatable bonds is 9. The molecule has 0 aliphatic rings. The standard InChI is InChI=1S/C21H26FN3O3/c1-3-5-19(20(26)23-14-16-6-4-7-18(12-16)28-2)25-21(27)24-13-15-8-10-17(22)11-9-15/h4,6-12,19H,3,5,13-14H2,1-2H3,(H,23,26)(H2,24,25,27). The molecular formula is C21H26FN3O3. The van der Waals surface area contributed by atoms with E-state index < -0.39 is 12.1 Å². The lowest BCUT2D eigenvalue weighted by Gasteiger charge is -2.18. The molecule has 1 unspecified atom stereocenters. The first kappa shape index (κ1) is 21.2. The molecule has 2 aromatic carbocycles. The van der Waals surface area contributed by atoms with E-state index in [2.05, 4.69) is 16.0 Å². The van der Waals surface area contributed by atoms with Gasteiger partial charge in [-0.1, -0.05) is 37.6 Å². The van der Waals surface area contributed by atoms with E-state index in [-0.39, 0.29) is 18.3 Å². The zero-order valence-electron chi connectivity index (χ0n) is 16.1. The van der Waals surface area contributed by atoms with Gasteiger partial charge in [0, 0.05) is 13.1 Å². The molecule has 0 aliphatic carbocycles. The van der Waals surface area contributed by atoms with E-state index in [1.165, 1.54) is 12.1 Å². The number of nitrogens with one attached hydrogen (secondary N) is 3. The van der Waals surface area contributed by atoms with Crippen LogP contribution in [0.4, 0.5) is 9.18 Å². The number of carbonyl (C=O) groups excluding carboxylic acids is 2. The van der Waals surface area contributed by atoms with Crippen molar-refractivity contribution in [3.05, 3.63) is 65.5 Å². The first-order valence-electron chi connectivity index (χ1n) is 9.21. The van der Waals surface area contributed by atoms with Crippen LogP contribution in [0.1, 0.15) is 30.9 Å². The molecule has 0 aromatic heterocycles. The van der Waals surface area contributed by atoms with Gasteiger partial charge in [0.2, 0.25) is 5.91 Å². The normalized spacial score (nSPS) is 11.4. The van der Waals surface area contributed by atoms with Crippen LogP contribution in [0.5, 0.6) is 5.75 Å². The second kappa shape index (κ2) is 10.9. The Kier molecular flexibility index (Phi) is 8.27. The van der Waals surface area contributed by atoms with E-state index in [1.807, 2.05) is 31.2 Å². The topological polar surface area (TPSA) is 79.5 Å². The molecule has 150 valence electrons. The Morgan fingerprint density at radius 3 is 2.43 bits per heavy atom. The highest BCUT2D eigenvalue weighted by Gasteiger charge is 2.19. The van der Waals surface area contributed by atoms with Crippen LogP contribution in [0.2, 0.25) is 0 Å². The van der Waals surface area contributed by atoms with Crippen molar-refractivity contribution in [2.45, 2.75) is 38.9 Å². The Morgan fingerprint density at radius 1 is 1.04 bits per heavy atom. The lowest BCUT2D eigenvalue weighted by molar-refractivity contribution is -0.123. The Hall–Kier alpha value is -3.09. The maximum atomic E-state index is 12.9. The Morgan fingerprint density at radius 2 is 1.75 bits per heavy atom. The van der Waals surface area contributed by atoms with Gasteiger partial charge < -0.3 is 20.7 Å². The van der Waals surface area contributed by atoms with Crippen molar-refractivity contribution in [1.82, 2.24) is 16.0 Å². The molecule has 0 saturated heterocycles. The minimum absolute atomic E-state index is 0.246. The van der Waals surface area contributed by atoms with Crippen LogP contribution in [0.3, 0.4) is 0 Å². The van der Waals surface area contributed by atoms with Crippen molar-refractivity contribution < 1.29 is 18.7 Å². The summed E-state index contributed by atoms with van der Waals surface area (Å²) >= 11 is 0. The molecule has 0 aliphatic heterocycles. The molecule has 28 heavy (non-hydrogen) atoms. The highest BCUT2D eigenvalue weighted by atomic mass is 19.1. The quantitative estimate of drug-likeness (QED) is 0.619. The summed E-state index contributed by atoms with van der Waals surface area (Å²) in [7, 11) is 1.59. The second-order valence-corrected chi connectivity index (χ2v) is 6.36. The minimum Gasteiger partial charge on any atom is -0.497 e. The molecule has 2 aromatic rings. The van der Waals surface area contributed by atoms with Crippen LogP contribution >= 0.6 is 0 Å². The molecule has 0 spiro atoms. The number of hydrogen-bond donors (Lipinski definition) is 3. The molecule has 2 rings (SSSR count). The predicted molar refractivity (Wildman–Crippen MR) is 105 cm³/mol. The number of benzene rings is 2. The zero-order chi connectivity index (χ0) is 20.4. The molecule has 0 radical (unpaired) electrons. The van der Waals surface area contributed by atoms with E-state index in [1.54, 1.807) is 19.2 Å². The fraction of sp³-hybridized carbons (Fsp3) is 0.333. The molecule has 0 bridgehead atoms. The Labute approximate surface area is 164 Å². The number of halogens is 1. The smallest absolute Gasteiger partial charge is 0.315 e. The van der Waals surface area contributed by atoms with Gasteiger partial charge in [-0.05, 0) is 41.8 Å². The fourth-order valence-electron chi connectivity index (χ4n) is 2.65. The molecule has 1 atom stereocenters. The van der Waals surface area contributed by atoms with Crippen molar-refractivity contribution >= 4 is 11.9 Å². The highest BCUT2D eigenvalue weighted by molar-refractivity contribution is 5.86. The lowest BCUT2D eigenvalue weighted by atomic mass is 10.1. The van der Waals surface area contributed by atoms with Gasteiger partial charge in [-0.25, -0.2) is 9.18 Å². The summed E-state index contributed by atoms with van der Waals surface area (Å²) in [6, 6.07) is 12.2. The van der Waals surface area contributed by atoms with Crippen LogP contribution in [-0.4, -0.2) is 25.1 Å². The third-order valence-electron chi connectivity index (χ3n) is 4.17. The molecule has 3 amide bonds. The monoisotopic (exact) mass is 387 g/mol. The SMILES string of the molecule is CCCC(NC(=O)NCc1ccc(F)cc1)C(=O)NCc1cccc(OC)c1. The van der Waals surface area contributed by atoms with Gasteiger partial charge in [0.1, 0.15) is 17.6 Å². The van der Waals surface area contributed by atoms with Crippen molar-refractivity contribution in [2.75, 3.05) is 7.11 Å². The zero-order valence-corrected chi connectivity index (χ0v) is 16.1. The number of amides is 3. The number of methoxy groups -OCH3 is 1. The minimum atomic E-state index is -0.635. The van der Waals surface area contributed by atoms with E-state index in [0.717, 1.165) is 23.3 Å². The summed E-state index contributed by atoms with van der Waals surface area (Å²) in [5.74, 6) is 0.140. The van der Waals surface area contributed by atoms with Gasteiger partial charge in [-0.2, -0.15) is 0 Å². The van der Waals surface area contributed by atoms with Gasteiger partial charge in [-0.15, -0.1) is 0 Å². The second-order valence-electron chi connectivity index (χ2n) is 6.36. The molecule has 3 N–H and O–H groups in total. The van der Waals surface area contributed by atoms with Crippen molar-refractivity contribution in [3.63, 3.8) is 0 Å². The number of carbonyl (C=O) groups is 2. The van der Waals surface area contributed by atoms with Crippen molar-refractivity contribution in [2.24, 2.45) is 0 Å². The van der Waals surface area contributed by atoms with Crippen LogP contribution < -0.4 is 20.7 Å². The number of ether oxygens (including phenoxy) is 1. The van der Waals surface area contributed by atoms with E-state index in [0.29, 0.717) is 13.0 Å². The van der Waals surface area contributed by atoms with Gasteiger partial charge in [0.15, 0.2) is 0 Å². The molecule has 0 saturated carbocycles. The van der Waals surface area contributed by atoms with Crippen LogP contribution in [0, 0.1) is 5.82 Å². The summed E-state index contributed by atoms with van der Waals surface area (Å²) in [6.45, 7) is 2.53. The van der Waals surface area contributed by atoms with E-state index in [4.69, 9.17) is 4.74 Å². The summed E-state index contributed by atoms with van der Waals surface area (Å²) in [6.07, 6.45) is 1.27. The third kappa shape index (κ3) is 6.90. The van der Waals surface area contributed by atoms with Gasteiger partial charge in [0.05, 0.1) is 7.11 Å². The predicted octanol–water partition coefficient (Wildman–Crippen LogP) is 3.12. The molecule has 0 fully saturated rings. The maximum absolute atomic E-state index is 12.9. The summed E-state index contributed by atoms with van der Waals surface area (Å²) in [5, 5.41) is 8.22. The molecule has 6 nitrogen and oxygen atoms in total. The van der Waals surface area contributed by atoms with Crippen molar-refractivity contribution in [3.8, 4) is 5.75 Å². The average Bonchev–Trinajstić information content (AvgIpc) is 2.71. The van der Waals surface area contributed by atoms with E-state index >= 15 is 0 Å². The first-order chi connectivity index (χ1) is 13.5. The molecular weight excluding hydrogens is 361 g/mol. The Balaban J connectivity index is 1.85. The van der Waals surface area contributed by atoms with Gasteiger partial charge in [0.25, 0.3) is 0 Å². The fourth-order valence-corrected chi connectivity index (χ4v) is 2.65. The maximum Gasteiger partial charge on any atom is 0.315 e. The Bertz CT molecular complexity index is 781. The highest BCUT2D eigenvalue weighted by Crippen LogP contribution is 2.12. The summed E-state index contributed by atoms with van der Waals surface area (Å²) < 4.78 is 18.1. The van der Waals surface area contributed by atoms with Crippen molar-refractivity contribution in [1.29, 1.82) is 0 Å². The average molecular weight is 387 g/mol. The largest absolute Gasteiger partial charge is 0.497 e. The van der Waals surface area contributed by atoms with Gasteiger partial charge in [-0.3, -0.25) is 4.79 Å². The van der Waals surface area contributed by atoms with Crippen LogP contribution in [0.25, 0.3) is 0 Å². The van der Waals surface area contributed by atoms with E-state index in [9.17, 15) is 14.0 Å². The summed E-state index contributed by atoms with van der Waals surface area (Å²) in [5.41, 5.74) is 1.68. The molecule has 7 heteroatoms. The molecule has 0 heterocycles. The summed E-state index contributed by atoms with van der Waals surface area (Å²) in [4.78, 5) is 24.6. The van der Waals surface area contributed by atoms with Gasteiger partial charge >= 0.3 is 6.03 Å². The number of urea groups is 1. The van der Waals surface area contributed by atoms with Crippen LogP contribution in [-0.2, 0) is 17.9 Å².